The average Bonchev–Trinajstić information content (AvgIpc) is 3.55. The quantitative estimate of drug-likeness (QED) is 0.494. The maximum atomic E-state index is 13.2. The van der Waals surface area contributed by atoms with Crippen molar-refractivity contribution in [3.63, 3.8) is 0 Å². The summed E-state index contributed by atoms with van der Waals surface area (Å²) in [4.78, 5) is 18.0. The van der Waals surface area contributed by atoms with Crippen LogP contribution in [0.2, 0.25) is 10.0 Å². The van der Waals surface area contributed by atoms with Crippen LogP contribution in [0, 0.1) is 6.92 Å². The number of nitrogens with zero attached hydrogens (tertiary/aromatic N) is 3. The molecule has 7 nitrogen and oxygen atoms in total. The largest absolute Gasteiger partial charge is 0.489 e. The molecule has 0 radical (unpaired) electrons. The van der Waals surface area contributed by atoms with E-state index in [1.54, 1.807) is 18.2 Å². The van der Waals surface area contributed by atoms with E-state index < -0.39 is 6.10 Å². The van der Waals surface area contributed by atoms with E-state index in [4.69, 9.17) is 32.9 Å². The van der Waals surface area contributed by atoms with Gasteiger partial charge in [0.25, 0.3) is 5.91 Å². The Morgan fingerprint density at radius 3 is 2.73 bits per heavy atom. The number of aliphatic hydroxyl groups is 1. The number of halogens is 2. The van der Waals surface area contributed by atoms with Crippen molar-refractivity contribution in [2.24, 2.45) is 0 Å². The summed E-state index contributed by atoms with van der Waals surface area (Å²) < 4.78 is 7.45. The van der Waals surface area contributed by atoms with Gasteiger partial charge in [-0.15, -0.1) is 0 Å². The Bertz CT molecular complexity index is 1200. The van der Waals surface area contributed by atoms with Gasteiger partial charge in [-0.25, -0.2) is 9.67 Å². The Morgan fingerprint density at radius 1 is 1.33 bits per heavy atom. The maximum absolute atomic E-state index is 13.2. The molecule has 1 unspecified atom stereocenters. The zero-order chi connectivity index (χ0) is 23.9. The number of benzene rings is 1. The molecule has 0 aliphatic heterocycles. The number of amides is 1. The summed E-state index contributed by atoms with van der Waals surface area (Å²) in [5, 5.41) is 19.3. The number of aryl methyl sites for hydroxylation is 1. The van der Waals surface area contributed by atoms with Crippen LogP contribution >= 0.6 is 23.2 Å². The third-order valence-corrected chi connectivity index (χ3v) is 6.36. The lowest BCUT2D eigenvalue weighted by Crippen LogP contribution is -2.35. The smallest absolute Gasteiger partial charge is 0.252 e. The second-order valence-electron chi connectivity index (χ2n) is 9.46. The van der Waals surface area contributed by atoms with E-state index in [1.165, 1.54) is 0 Å². The fourth-order valence-corrected chi connectivity index (χ4v) is 4.04. The first-order valence-electron chi connectivity index (χ1n) is 11.0. The molecule has 9 heteroatoms. The third-order valence-electron chi connectivity index (χ3n) is 5.55. The van der Waals surface area contributed by atoms with Gasteiger partial charge in [0.05, 0.1) is 27.2 Å². The monoisotopic (exact) mass is 490 g/mol. The number of fused-ring (bicyclic) bond motifs is 1. The first kappa shape index (κ1) is 23.8. The number of hydrogen-bond acceptors (Lipinski definition) is 5. The van der Waals surface area contributed by atoms with E-state index in [9.17, 15) is 9.90 Å². The zero-order valence-electron chi connectivity index (χ0n) is 19.2. The summed E-state index contributed by atoms with van der Waals surface area (Å²) >= 11 is 12.1. The molecular weight excluding hydrogens is 463 g/mol. The van der Waals surface area contributed by atoms with Crippen molar-refractivity contribution in [3.8, 4) is 5.75 Å². The SMILES string of the molecule is Cc1nn(C(C)(C)C)c2nc(C3CC3)cc(C(=O)NCC(O)COc3cccc(Cl)c3Cl)c12. The average molecular weight is 491 g/mol. The normalized spacial score (nSPS) is 15.0. The molecule has 1 fully saturated rings. The van der Waals surface area contributed by atoms with Crippen molar-refractivity contribution < 1.29 is 14.6 Å². The number of ether oxygens (including phenoxy) is 1. The summed E-state index contributed by atoms with van der Waals surface area (Å²) in [6, 6.07) is 6.90. The number of nitrogens with one attached hydrogen (secondary N) is 1. The van der Waals surface area contributed by atoms with Crippen LogP contribution in [0.25, 0.3) is 11.0 Å². The molecular formula is C24H28Cl2N4O3. The third kappa shape index (κ3) is 5.10. The van der Waals surface area contributed by atoms with Crippen molar-refractivity contribution in [3.05, 3.63) is 51.3 Å². The van der Waals surface area contributed by atoms with E-state index in [2.05, 4.69) is 31.2 Å². The van der Waals surface area contributed by atoms with Crippen LogP contribution in [0.15, 0.2) is 24.3 Å². The number of pyridine rings is 1. The molecule has 2 aromatic heterocycles. The zero-order valence-corrected chi connectivity index (χ0v) is 20.7. The van der Waals surface area contributed by atoms with Gasteiger partial charge in [-0.3, -0.25) is 4.79 Å². The van der Waals surface area contributed by atoms with Crippen molar-refractivity contribution in [1.29, 1.82) is 0 Å². The predicted molar refractivity (Wildman–Crippen MR) is 130 cm³/mol. The van der Waals surface area contributed by atoms with Crippen LogP contribution < -0.4 is 10.1 Å². The molecule has 1 aromatic carbocycles. The van der Waals surface area contributed by atoms with Gasteiger partial charge in [-0.05, 0) is 58.7 Å². The van der Waals surface area contributed by atoms with Crippen molar-refractivity contribution in [2.75, 3.05) is 13.2 Å². The fraction of sp³-hybridized carbons (Fsp3) is 0.458. The van der Waals surface area contributed by atoms with Gasteiger partial charge in [0, 0.05) is 18.2 Å². The molecule has 176 valence electrons. The minimum atomic E-state index is -0.928. The topological polar surface area (TPSA) is 89.3 Å². The van der Waals surface area contributed by atoms with Crippen LogP contribution in [-0.2, 0) is 5.54 Å². The van der Waals surface area contributed by atoms with Gasteiger partial charge < -0.3 is 15.2 Å². The molecule has 1 aliphatic rings. The van der Waals surface area contributed by atoms with Crippen LogP contribution in [0.3, 0.4) is 0 Å². The Morgan fingerprint density at radius 2 is 2.06 bits per heavy atom. The van der Waals surface area contributed by atoms with E-state index in [0.717, 1.165) is 29.6 Å². The highest BCUT2D eigenvalue weighted by Crippen LogP contribution is 2.41. The molecule has 1 amide bonds. The van der Waals surface area contributed by atoms with E-state index >= 15 is 0 Å². The number of hydrogen-bond donors (Lipinski definition) is 2. The van der Waals surface area contributed by atoms with E-state index in [-0.39, 0.29) is 29.6 Å². The molecule has 0 saturated heterocycles. The number of aliphatic hydroxyl groups excluding tert-OH is 1. The molecule has 0 spiro atoms. The number of rotatable bonds is 7. The Kier molecular flexibility index (Phi) is 6.58. The molecule has 2 heterocycles. The van der Waals surface area contributed by atoms with Gasteiger partial charge in [-0.2, -0.15) is 5.10 Å². The second-order valence-corrected chi connectivity index (χ2v) is 10.2. The fourth-order valence-electron chi connectivity index (χ4n) is 3.69. The van der Waals surface area contributed by atoms with Crippen LogP contribution in [-0.4, -0.2) is 45.0 Å². The Labute approximate surface area is 203 Å². The second kappa shape index (κ2) is 9.12. The standard InChI is InChI=1S/C24H28Cl2N4O3/c1-13-20-16(10-18(14-8-9-14)28-22(20)30(29-13)24(2,3)4)23(32)27-11-15(31)12-33-19-7-5-6-17(25)21(19)26/h5-7,10,14-15,31H,8-9,11-12H2,1-4H3,(H,27,32). The lowest BCUT2D eigenvalue weighted by atomic mass is 10.1. The van der Waals surface area contributed by atoms with E-state index in [0.29, 0.717) is 27.9 Å². The minimum Gasteiger partial charge on any atom is -0.489 e. The Hall–Kier alpha value is -2.35. The maximum Gasteiger partial charge on any atom is 0.252 e. The molecule has 4 rings (SSSR count). The number of carbonyl (C=O) groups is 1. The first-order valence-corrected chi connectivity index (χ1v) is 11.8. The predicted octanol–water partition coefficient (Wildman–Crippen LogP) is 4.85. The number of aromatic nitrogens is 3. The minimum absolute atomic E-state index is 0.0199. The van der Waals surface area contributed by atoms with Gasteiger partial charge in [0.1, 0.15) is 23.5 Å². The van der Waals surface area contributed by atoms with Gasteiger partial charge in [-0.1, -0.05) is 29.3 Å². The molecule has 33 heavy (non-hydrogen) atoms. The van der Waals surface area contributed by atoms with Crippen LogP contribution in [0.1, 0.15) is 61.3 Å². The first-order chi connectivity index (χ1) is 15.6. The molecule has 1 saturated carbocycles. The van der Waals surface area contributed by atoms with Crippen LogP contribution in [0.4, 0.5) is 0 Å². The highest BCUT2D eigenvalue weighted by Gasteiger charge is 2.30. The lowest BCUT2D eigenvalue weighted by Gasteiger charge is -2.20. The summed E-state index contributed by atoms with van der Waals surface area (Å²) in [5.74, 6) is 0.483. The van der Waals surface area contributed by atoms with Gasteiger partial charge in [0.2, 0.25) is 0 Å². The van der Waals surface area contributed by atoms with E-state index in [1.807, 2.05) is 17.7 Å². The summed E-state index contributed by atoms with van der Waals surface area (Å²) in [6.45, 7) is 8.05. The highest BCUT2D eigenvalue weighted by atomic mass is 35.5. The molecule has 1 aliphatic carbocycles. The molecule has 3 aromatic rings. The summed E-state index contributed by atoms with van der Waals surface area (Å²) in [5.41, 5.74) is 2.64. The van der Waals surface area contributed by atoms with Crippen molar-refractivity contribution in [1.82, 2.24) is 20.1 Å². The summed E-state index contributed by atoms with van der Waals surface area (Å²) in [6.07, 6.45) is 1.22. The molecule has 1 atom stereocenters. The van der Waals surface area contributed by atoms with Crippen molar-refractivity contribution >= 4 is 40.1 Å². The Balaban J connectivity index is 1.52. The van der Waals surface area contributed by atoms with Gasteiger partial charge >= 0.3 is 0 Å². The molecule has 2 N–H and O–H groups in total. The highest BCUT2D eigenvalue weighted by molar-refractivity contribution is 6.42. The summed E-state index contributed by atoms with van der Waals surface area (Å²) in [7, 11) is 0. The lowest BCUT2D eigenvalue weighted by molar-refractivity contribution is 0.0845. The van der Waals surface area contributed by atoms with Gasteiger partial charge in [0.15, 0.2) is 5.65 Å². The van der Waals surface area contributed by atoms with Crippen LogP contribution in [0.5, 0.6) is 5.75 Å². The molecule has 0 bridgehead atoms. The number of carbonyl (C=O) groups excluding carboxylic acids is 1. The van der Waals surface area contributed by atoms with Crippen molar-refractivity contribution in [2.45, 2.75) is 58.1 Å².